The second-order valence-corrected chi connectivity index (χ2v) is 8.71. The minimum atomic E-state index is -0.155. The summed E-state index contributed by atoms with van der Waals surface area (Å²) >= 11 is 0. The molecule has 0 radical (unpaired) electrons. The molecule has 0 atom stereocenters. The predicted molar refractivity (Wildman–Crippen MR) is 126 cm³/mol. The molecule has 1 aliphatic rings. The zero-order valence-corrected chi connectivity index (χ0v) is 19.2. The normalized spacial score (nSPS) is 14.5. The number of benzene rings is 2. The van der Waals surface area contributed by atoms with Gasteiger partial charge in [0.05, 0.1) is 18.7 Å². The van der Waals surface area contributed by atoms with Crippen molar-refractivity contribution in [1.82, 2.24) is 4.57 Å². The van der Waals surface area contributed by atoms with Crippen LogP contribution >= 0.6 is 0 Å². The maximum Gasteiger partial charge on any atom is 0.231 e. The van der Waals surface area contributed by atoms with Crippen molar-refractivity contribution < 1.29 is 19.5 Å². The van der Waals surface area contributed by atoms with Gasteiger partial charge in [0.2, 0.25) is 5.78 Å². The van der Waals surface area contributed by atoms with Crippen LogP contribution in [-0.4, -0.2) is 23.4 Å². The molecule has 1 aliphatic heterocycles. The van der Waals surface area contributed by atoms with Crippen LogP contribution in [0.25, 0.3) is 17.0 Å². The van der Waals surface area contributed by atoms with E-state index in [9.17, 15) is 9.90 Å². The fourth-order valence-electron chi connectivity index (χ4n) is 4.49. The van der Waals surface area contributed by atoms with Gasteiger partial charge in [0.15, 0.2) is 5.76 Å². The highest BCUT2D eigenvalue weighted by Crippen LogP contribution is 2.38. The molecule has 168 valence electrons. The highest BCUT2D eigenvalue weighted by Gasteiger charge is 2.31. The molecule has 0 fully saturated rings. The lowest BCUT2D eigenvalue weighted by atomic mass is 10.0. The van der Waals surface area contributed by atoms with Crippen molar-refractivity contribution >= 4 is 22.8 Å². The third-order valence-corrected chi connectivity index (χ3v) is 6.31. The molecule has 5 heteroatoms. The monoisotopic (exact) mass is 432 g/mol. The first-order valence-electron chi connectivity index (χ1n) is 11.7. The van der Waals surface area contributed by atoms with Gasteiger partial charge in [0.1, 0.15) is 12.3 Å². The minimum absolute atomic E-state index is 0.0477. The Morgan fingerprint density at radius 2 is 1.78 bits per heavy atom. The third-order valence-electron chi connectivity index (χ3n) is 6.31. The van der Waals surface area contributed by atoms with Gasteiger partial charge in [-0.15, -0.1) is 0 Å². The molecule has 2 aromatic carbocycles. The molecule has 4 rings (SSSR count). The number of hydrogen-bond acceptors (Lipinski definition) is 3. The number of aryl methyl sites for hydroxylation is 1. The number of carbonyl (C=O) groups is 1. The van der Waals surface area contributed by atoms with Crippen molar-refractivity contribution in [1.29, 1.82) is 0 Å². The fraction of sp³-hybridized carbons (Fsp3) is 0.370. The zero-order valence-electron chi connectivity index (χ0n) is 19.2. The van der Waals surface area contributed by atoms with E-state index in [1.165, 1.54) is 11.0 Å². The van der Waals surface area contributed by atoms with Crippen molar-refractivity contribution in [2.45, 2.75) is 46.1 Å². The van der Waals surface area contributed by atoms with Crippen LogP contribution < -0.4 is 14.7 Å². The molecule has 0 amide bonds. The summed E-state index contributed by atoms with van der Waals surface area (Å²) in [5, 5.41) is 13.8. The number of para-hydroxylation sites is 1. The number of unbranched alkanes of at least 4 members (excludes halogenated alkanes) is 2. The van der Waals surface area contributed by atoms with Crippen LogP contribution in [-0.2, 0) is 13.6 Å². The summed E-state index contributed by atoms with van der Waals surface area (Å²) in [7, 11) is 1.99. The van der Waals surface area contributed by atoms with E-state index in [2.05, 4.69) is 19.9 Å². The lowest BCUT2D eigenvalue weighted by Gasteiger charge is -2.23. The number of aromatic nitrogens is 1. The Morgan fingerprint density at radius 3 is 2.50 bits per heavy atom. The van der Waals surface area contributed by atoms with E-state index in [1.54, 1.807) is 12.1 Å². The maximum atomic E-state index is 13.1. The van der Waals surface area contributed by atoms with Crippen molar-refractivity contribution in [2.75, 3.05) is 13.1 Å². The quantitative estimate of drug-likeness (QED) is 0.523. The van der Waals surface area contributed by atoms with Gasteiger partial charge in [-0.05, 0) is 31.1 Å². The smallest absolute Gasteiger partial charge is 0.231 e. The number of rotatable bonds is 9. The van der Waals surface area contributed by atoms with Crippen LogP contribution in [0.1, 0.15) is 61.0 Å². The molecular formula is C27H32N2O3. The van der Waals surface area contributed by atoms with Crippen LogP contribution in [0.3, 0.4) is 0 Å². The standard InChI is InChI=1S/C27H32N2O3/c1-4-6-14-29(15-7-5-2)18-22-24(30)13-12-21-26(31)25(32-27(21)22)16-19-17-28(3)23-11-9-8-10-20(19)23/h8-13,16-17,30H,4-7,14-15,18H2,1-3H3/b25-16+. The SMILES string of the molecule is CCCC[NH+](CCCC)Cc1c([O-])ccc2c1O/C(=C/c1cn(C)c3ccccc13)C2=O. The van der Waals surface area contributed by atoms with E-state index < -0.39 is 0 Å². The Morgan fingerprint density at radius 1 is 1.06 bits per heavy atom. The predicted octanol–water partition coefficient (Wildman–Crippen LogP) is 3.85. The highest BCUT2D eigenvalue weighted by atomic mass is 16.5. The number of Topliss-reactive ketones (excluding diaryl/α,β-unsaturated/α-hetero) is 1. The lowest BCUT2D eigenvalue weighted by Crippen LogP contribution is -3.10. The summed E-state index contributed by atoms with van der Waals surface area (Å²) in [6.07, 6.45) is 8.29. The Hall–Kier alpha value is -3.05. The van der Waals surface area contributed by atoms with Crippen LogP contribution in [0.15, 0.2) is 48.4 Å². The second kappa shape index (κ2) is 9.61. The van der Waals surface area contributed by atoms with Gasteiger partial charge in [-0.25, -0.2) is 0 Å². The van der Waals surface area contributed by atoms with E-state index in [0.717, 1.165) is 55.2 Å². The summed E-state index contributed by atoms with van der Waals surface area (Å²) < 4.78 is 8.13. The average molecular weight is 433 g/mol. The number of quaternary nitrogens is 1. The Balaban J connectivity index is 1.66. The molecule has 0 unspecified atom stereocenters. The summed E-state index contributed by atoms with van der Waals surface area (Å²) in [6, 6.07) is 11.2. The minimum Gasteiger partial charge on any atom is -0.872 e. The van der Waals surface area contributed by atoms with E-state index in [-0.39, 0.29) is 17.3 Å². The van der Waals surface area contributed by atoms with E-state index in [1.807, 2.05) is 36.0 Å². The zero-order chi connectivity index (χ0) is 22.7. The van der Waals surface area contributed by atoms with Gasteiger partial charge in [0, 0.05) is 35.3 Å². The van der Waals surface area contributed by atoms with Gasteiger partial charge < -0.3 is 19.3 Å². The van der Waals surface area contributed by atoms with Crippen LogP contribution in [0.2, 0.25) is 0 Å². The lowest BCUT2D eigenvalue weighted by molar-refractivity contribution is -0.914. The molecular weight excluding hydrogens is 400 g/mol. The molecule has 1 aromatic heterocycles. The van der Waals surface area contributed by atoms with Crippen molar-refractivity contribution in [3.63, 3.8) is 0 Å². The largest absolute Gasteiger partial charge is 0.872 e. The fourth-order valence-corrected chi connectivity index (χ4v) is 4.49. The van der Waals surface area contributed by atoms with Crippen molar-refractivity contribution in [3.8, 4) is 11.5 Å². The van der Waals surface area contributed by atoms with Crippen LogP contribution in [0.4, 0.5) is 0 Å². The Labute approximate surface area is 189 Å². The number of ketones is 1. The van der Waals surface area contributed by atoms with Gasteiger partial charge in [-0.2, -0.15) is 0 Å². The summed E-state index contributed by atoms with van der Waals surface area (Å²) in [6.45, 7) is 7.00. The number of carbonyl (C=O) groups excluding carboxylic acids is 1. The molecule has 0 saturated carbocycles. The highest BCUT2D eigenvalue weighted by molar-refractivity contribution is 6.15. The number of nitrogens with zero attached hydrogens (tertiary/aromatic N) is 1. The molecule has 0 bridgehead atoms. The van der Waals surface area contributed by atoms with Gasteiger partial charge in [-0.1, -0.05) is 56.7 Å². The average Bonchev–Trinajstić information content (AvgIpc) is 3.29. The number of nitrogens with one attached hydrogen (secondary N) is 1. The topological polar surface area (TPSA) is 58.7 Å². The van der Waals surface area contributed by atoms with Gasteiger partial charge in [0.25, 0.3) is 0 Å². The van der Waals surface area contributed by atoms with E-state index in [4.69, 9.17) is 4.74 Å². The van der Waals surface area contributed by atoms with Crippen molar-refractivity contribution in [3.05, 3.63) is 65.0 Å². The van der Waals surface area contributed by atoms with Crippen LogP contribution in [0.5, 0.6) is 11.5 Å². The van der Waals surface area contributed by atoms with Gasteiger partial charge in [-0.3, -0.25) is 4.79 Å². The summed E-state index contributed by atoms with van der Waals surface area (Å²) in [5.74, 6) is 0.540. The second-order valence-electron chi connectivity index (χ2n) is 8.71. The third kappa shape index (κ3) is 4.30. The number of hydrogen-bond donors (Lipinski definition) is 1. The van der Waals surface area contributed by atoms with E-state index in [0.29, 0.717) is 23.4 Å². The summed E-state index contributed by atoms with van der Waals surface area (Å²) in [5.41, 5.74) is 3.15. The molecule has 2 heterocycles. The van der Waals surface area contributed by atoms with Crippen molar-refractivity contribution in [2.24, 2.45) is 7.05 Å². The Bertz CT molecular complexity index is 1150. The number of allylic oxidation sites excluding steroid dienone is 1. The first-order valence-corrected chi connectivity index (χ1v) is 11.7. The van der Waals surface area contributed by atoms with E-state index >= 15 is 0 Å². The number of ether oxygens (including phenoxy) is 1. The molecule has 0 spiro atoms. The van der Waals surface area contributed by atoms with Gasteiger partial charge >= 0.3 is 0 Å². The first-order chi connectivity index (χ1) is 15.5. The molecule has 32 heavy (non-hydrogen) atoms. The molecule has 1 N–H and O–H groups in total. The molecule has 0 saturated heterocycles. The maximum absolute atomic E-state index is 13.1. The molecule has 0 aliphatic carbocycles. The number of fused-ring (bicyclic) bond motifs is 2. The van der Waals surface area contributed by atoms with Crippen LogP contribution in [0, 0.1) is 0 Å². The molecule has 5 nitrogen and oxygen atoms in total. The Kier molecular flexibility index (Phi) is 6.66. The first kappa shape index (κ1) is 22.2. The summed E-state index contributed by atoms with van der Waals surface area (Å²) in [4.78, 5) is 14.5. The molecule has 3 aromatic rings.